The van der Waals surface area contributed by atoms with Crippen molar-refractivity contribution < 1.29 is 8.78 Å². The van der Waals surface area contributed by atoms with Gasteiger partial charge in [0.2, 0.25) is 0 Å². The van der Waals surface area contributed by atoms with Crippen LogP contribution < -0.4 is 5.32 Å². The number of nitrogens with one attached hydrogen (secondary N) is 1. The molecule has 5 heteroatoms. The summed E-state index contributed by atoms with van der Waals surface area (Å²) in [6, 6.07) is 4.23. The van der Waals surface area contributed by atoms with E-state index in [1.54, 1.807) is 18.5 Å². The van der Waals surface area contributed by atoms with Crippen LogP contribution in [-0.2, 0) is 13.1 Å². The minimum atomic E-state index is -0.818. The van der Waals surface area contributed by atoms with Crippen LogP contribution in [0.25, 0.3) is 0 Å². The zero-order valence-corrected chi connectivity index (χ0v) is 11.7. The van der Waals surface area contributed by atoms with Crippen LogP contribution in [0.15, 0.2) is 30.6 Å². The zero-order valence-electron chi connectivity index (χ0n) is 11.7. The fourth-order valence-corrected chi connectivity index (χ4v) is 1.98. The number of halogens is 2. The third-order valence-electron chi connectivity index (χ3n) is 3.01. The highest BCUT2D eigenvalue weighted by Crippen LogP contribution is 2.13. The molecule has 0 saturated heterocycles. The van der Waals surface area contributed by atoms with Crippen molar-refractivity contribution in [2.24, 2.45) is 5.92 Å². The quantitative estimate of drug-likeness (QED) is 0.881. The molecule has 3 nitrogen and oxygen atoms in total. The minimum absolute atomic E-state index is 0.280. The van der Waals surface area contributed by atoms with E-state index in [0.717, 1.165) is 18.4 Å². The Morgan fingerprint density at radius 3 is 2.85 bits per heavy atom. The van der Waals surface area contributed by atoms with E-state index in [1.807, 2.05) is 4.57 Å². The predicted molar refractivity (Wildman–Crippen MR) is 74.2 cm³/mol. The van der Waals surface area contributed by atoms with E-state index in [9.17, 15) is 8.78 Å². The lowest BCUT2D eigenvalue weighted by molar-refractivity contribution is 0.491. The summed E-state index contributed by atoms with van der Waals surface area (Å²) in [7, 11) is 0. The highest BCUT2D eigenvalue weighted by molar-refractivity contribution is 5.19. The van der Waals surface area contributed by atoms with Crippen LogP contribution in [-0.4, -0.2) is 16.1 Å². The average Bonchev–Trinajstić information content (AvgIpc) is 2.82. The summed E-state index contributed by atoms with van der Waals surface area (Å²) in [6.07, 6.45) is 3.44. The normalized spacial score (nSPS) is 11.2. The van der Waals surface area contributed by atoms with E-state index in [-0.39, 0.29) is 6.54 Å². The van der Waals surface area contributed by atoms with E-state index in [1.165, 1.54) is 6.07 Å². The summed E-state index contributed by atoms with van der Waals surface area (Å²) in [6.45, 7) is 6.04. The van der Waals surface area contributed by atoms with Crippen LogP contribution in [0.4, 0.5) is 8.78 Å². The second kappa shape index (κ2) is 6.61. The lowest BCUT2D eigenvalue weighted by atomic mass is 10.2. The van der Waals surface area contributed by atoms with Gasteiger partial charge in [-0.15, -0.1) is 0 Å². The first-order valence-electron chi connectivity index (χ1n) is 6.71. The Balaban J connectivity index is 2.06. The van der Waals surface area contributed by atoms with E-state index >= 15 is 0 Å². The minimum Gasteiger partial charge on any atom is -0.329 e. The van der Waals surface area contributed by atoms with Crippen molar-refractivity contribution in [1.29, 1.82) is 0 Å². The molecular formula is C15H19F2N3. The number of hydrogen-bond acceptors (Lipinski definition) is 2. The largest absolute Gasteiger partial charge is 0.329 e. The van der Waals surface area contributed by atoms with Crippen LogP contribution in [0.5, 0.6) is 0 Å². The molecule has 0 fully saturated rings. The summed E-state index contributed by atoms with van der Waals surface area (Å²) < 4.78 is 28.7. The predicted octanol–water partition coefficient (Wildman–Crippen LogP) is 2.96. The van der Waals surface area contributed by atoms with Crippen molar-refractivity contribution in [2.45, 2.75) is 26.9 Å². The lowest BCUT2D eigenvalue weighted by Crippen LogP contribution is -2.21. The number of benzene rings is 1. The Hall–Kier alpha value is -1.75. The average molecular weight is 279 g/mol. The van der Waals surface area contributed by atoms with Gasteiger partial charge >= 0.3 is 0 Å². The molecule has 1 aromatic heterocycles. The molecule has 0 saturated carbocycles. The van der Waals surface area contributed by atoms with Gasteiger partial charge in [-0.05, 0) is 18.5 Å². The monoisotopic (exact) mass is 279 g/mol. The molecule has 2 rings (SSSR count). The maximum absolute atomic E-state index is 13.7. The summed E-state index contributed by atoms with van der Waals surface area (Å²) in [5.41, 5.74) is 0.327. The van der Waals surface area contributed by atoms with Crippen molar-refractivity contribution in [3.8, 4) is 0 Å². The second-order valence-electron chi connectivity index (χ2n) is 5.21. The van der Waals surface area contributed by atoms with E-state index in [0.29, 0.717) is 18.0 Å². The second-order valence-corrected chi connectivity index (χ2v) is 5.21. The van der Waals surface area contributed by atoms with Crippen LogP contribution in [0.3, 0.4) is 0 Å². The third kappa shape index (κ3) is 3.63. The lowest BCUT2D eigenvalue weighted by Gasteiger charge is -2.11. The SMILES string of the molecule is CC(C)CNCc1nccn1Cc1cccc(F)c1F. The molecule has 0 spiro atoms. The molecule has 1 N–H and O–H groups in total. The van der Waals surface area contributed by atoms with Gasteiger partial charge in [-0.1, -0.05) is 26.0 Å². The van der Waals surface area contributed by atoms with Crippen molar-refractivity contribution >= 4 is 0 Å². The highest BCUT2D eigenvalue weighted by atomic mass is 19.2. The Morgan fingerprint density at radius 1 is 1.30 bits per heavy atom. The van der Waals surface area contributed by atoms with Crippen LogP contribution >= 0.6 is 0 Å². The van der Waals surface area contributed by atoms with Gasteiger partial charge in [0.15, 0.2) is 11.6 Å². The van der Waals surface area contributed by atoms with Gasteiger partial charge in [-0.3, -0.25) is 0 Å². The first-order valence-corrected chi connectivity index (χ1v) is 6.71. The first-order chi connectivity index (χ1) is 9.58. The maximum Gasteiger partial charge on any atom is 0.163 e. The number of nitrogens with zero attached hydrogens (tertiary/aromatic N) is 2. The van der Waals surface area contributed by atoms with Gasteiger partial charge in [-0.25, -0.2) is 13.8 Å². The number of imidazole rings is 1. The summed E-state index contributed by atoms with van der Waals surface area (Å²) in [5.74, 6) is -0.238. The molecule has 2 aromatic rings. The van der Waals surface area contributed by atoms with Crippen molar-refractivity contribution in [1.82, 2.24) is 14.9 Å². The van der Waals surface area contributed by atoms with Gasteiger partial charge in [0, 0.05) is 18.0 Å². The van der Waals surface area contributed by atoms with Crippen LogP contribution in [0, 0.1) is 17.6 Å². The summed E-state index contributed by atoms with van der Waals surface area (Å²) in [5, 5.41) is 3.29. The number of aromatic nitrogens is 2. The molecule has 0 aliphatic carbocycles. The van der Waals surface area contributed by atoms with E-state index < -0.39 is 11.6 Å². The Kier molecular flexibility index (Phi) is 4.84. The van der Waals surface area contributed by atoms with Crippen molar-refractivity contribution in [3.05, 3.63) is 53.6 Å². The molecule has 0 bridgehead atoms. The topological polar surface area (TPSA) is 29.9 Å². The molecule has 0 aliphatic heterocycles. The van der Waals surface area contributed by atoms with Gasteiger partial charge in [0.1, 0.15) is 5.82 Å². The van der Waals surface area contributed by atoms with E-state index in [4.69, 9.17) is 0 Å². The fraction of sp³-hybridized carbons (Fsp3) is 0.400. The highest BCUT2D eigenvalue weighted by Gasteiger charge is 2.10. The van der Waals surface area contributed by atoms with Gasteiger partial charge in [0.25, 0.3) is 0 Å². The fourth-order valence-electron chi connectivity index (χ4n) is 1.98. The molecule has 1 heterocycles. The Morgan fingerprint density at radius 2 is 2.10 bits per heavy atom. The van der Waals surface area contributed by atoms with Gasteiger partial charge < -0.3 is 9.88 Å². The Labute approximate surface area is 117 Å². The first kappa shape index (κ1) is 14.7. The van der Waals surface area contributed by atoms with Crippen molar-refractivity contribution in [3.63, 3.8) is 0 Å². The molecule has 0 unspecified atom stereocenters. The molecular weight excluding hydrogens is 260 g/mol. The standard InChI is InChI=1S/C15H19F2N3/c1-11(2)8-18-9-14-19-6-7-20(14)10-12-4-3-5-13(16)15(12)17/h3-7,11,18H,8-10H2,1-2H3. The van der Waals surface area contributed by atoms with Crippen LogP contribution in [0.2, 0.25) is 0 Å². The summed E-state index contributed by atoms with van der Waals surface area (Å²) >= 11 is 0. The number of hydrogen-bond donors (Lipinski definition) is 1. The van der Waals surface area contributed by atoms with Gasteiger partial charge in [-0.2, -0.15) is 0 Å². The van der Waals surface area contributed by atoms with E-state index in [2.05, 4.69) is 24.1 Å². The molecule has 0 atom stereocenters. The smallest absolute Gasteiger partial charge is 0.163 e. The molecule has 0 radical (unpaired) electrons. The van der Waals surface area contributed by atoms with Gasteiger partial charge in [0.05, 0.1) is 13.1 Å². The number of rotatable bonds is 6. The molecule has 1 aromatic carbocycles. The molecule has 108 valence electrons. The Bertz CT molecular complexity index is 564. The molecule has 20 heavy (non-hydrogen) atoms. The third-order valence-corrected chi connectivity index (χ3v) is 3.01. The summed E-state index contributed by atoms with van der Waals surface area (Å²) in [4.78, 5) is 4.25. The zero-order chi connectivity index (χ0) is 14.5. The molecule has 0 aliphatic rings. The maximum atomic E-state index is 13.7. The van der Waals surface area contributed by atoms with Crippen LogP contribution in [0.1, 0.15) is 25.2 Å². The molecule has 0 amide bonds. The van der Waals surface area contributed by atoms with Crippen molar-refractivity contribution in [2.75, 3.05) is 6.54 Å².